The van der Waals surface area contributed by atoms with Crippen molar-refractivity contribution in [3.8, 4) is 5.75 Å². The number of carbonyl (C=O) groups excluding carboxylic acids is 2. The van der Waals surface area contributed by atoms with Gasteiger partial charge >= 0.3 is 6.09 Å². The van der Waals surface area contributed by atoms with Crippen molar-refractivity contribution in [2.45, 2.75) is 59.8 Å². The van der Waals surface area contributed by atoms with Crippen LogP contribution in [0.4, 0.5) is 18.0 Å². The Balaban J connectivity index is 1.60. The lowest BCUT2D eigenvalue weighted by atomic mass is 10.00. The molecule has 0 fully saturated rings. The number of aromatic nitrogens is 2. The van der Waals surface area contributed by atoms with E-state index in [4.69, 9.17) is 9.47 Å². The topological polar surface area (TPSA) is 81.9 Å². The normalized spacial score (nSPS) is 11.5. The second-order valence-electron chi connectivity index (χ2n) is 10.5. The summed E-state index contributed by atoms with van der Waals surface area (Å²) in [5.41, 5.74) is 1.79. The second kappa shape index (κ2) is 11.4. The lowest BCUT2D eigenvalue weighted by molar-refractivity contribution is 0.0523. The second-order valence-corrected chi connectivity index (χ2v) is 10.5. The number of carbonyl (C=O) groups is 2. The Kier molecular flexibility index (Phi) is 8.18. The van der Waals surface area contributed by atoms with E-state index in [0.29, 0.717) is 22.5 Å². The van der Waals surface area contributed by atoms with Crippen molar-refractivity contribution in [2.75, 3.05) is 0 Å². The van der Waals surface area contributed by atoms with Crippen LogP contribution in [-0.2, 0) is 24.3 Å². The molecule has 0 saturated heterocycles. The van der Waals surface area contributed by atoms with Gasteiger partial charge in [-0.25, -0.2) is 22.9 Å². The quantitative estimate of drug-likeness (QED) is 0.256. The maximum atomic E-state index is 14.1. The molecular weight excluding hydrogens is 523 g/mol. The number of rotatable bonds is 8. The van der Waals surface area contributed by atoms with Crippen molar-refractivity contribution >= 4 is 17.5 Å². The van der Waals surface area contributed by atoms with Gasteiger partial charge in [0, 0.05) is 19.2 Å². The van der Waals surface area contributed by atoms with Crippen LogP contribution in [0.15, 0.2) is 48.7 Å². The van der Waals surface area contributed by atoms with Crippen LogP contribution in [0.2, 0.25) is 0 Å². The first-order valence-electron chi connectivity index (χ1n) is 12.6. The van der Waals surface area contributed by atoms with E-state index in [9.17, 15) is 22.8 Å². The first-order valence-corrected chi connectivity index (χ1v) is 12.6. The molecule has 1 N–H and O–H groups in total. The number of fused-ring (bicyclic) bond motifs is 1. The fourth-order valence-electron chi connectivity index (χ4n) is 4.29. The lowest BCUT2D eigenvalue weighted by Gasteiger charge is -2.20. The first-order chi connectivity index (χ1) is 18.8. The number of nitrogens with zero attached hydrogens (tertiary/aromatic N) is 2. The fourth-order valence-corrected chi connectivity index (χ4v) is 4.29. The van der Waals surface area contributed by atoms with Gasteiger partial charge in [-0.3, -0.25) is 9.20 Å². The molecule has 1 amide bonds. The van der Waals surface area contributed by atoms with Crippen LogP contribution in [0.25, 0.3) is 5.65 Å². The Hall–Kier alpha value is -4.34. The van der Waals surface area contributed by atoms with Gasteiger partial charge in [-0.1, -0.05) is 12.1 Å². The van der Waals surface area contributed by atoms with E-state index >= 15 is 0 Å². The van der Waals surface area contributed by atoms with E-state index in [1.807, 2.05) is 0 Å². The van der Waals surface area contributed by atoms with Gasteiger partial charge in [-0.2, -0.15) is 0 Å². The Morgan fingerprint density at radius 1 is 1.00 bits per heavy atom. The number of amides is 1. The first kappa shape index (κ1) is 28.7. The summed E-state index contributed by atoms with van der Waals surface area (Å²) >= 11 is 0. The highest BCUT2D eigenvalue weighted by atomic mass is 19.1. The SMILES string of the molecule is Cc1cc(OCc2c(F)cccc2F)c2nc(C)c(C(=O)Cc3ccc(F)cc3CNC(=O)OC(C)(C)C)n2c1. The number of Topliss-reactive ketones (excluding diaryl/α,β-unsaturated/α-hetero) is 1. The standard InChI is InChI=1S/C30H30F3N3O4/c1-17-11-26(39-16-22-23(32)7-6-8-24(22)33)28-35-18(2)27(36(28)15-17)25(37)13-19-9-10-21(31)12-20(19)14-34-29(38)40-30(3,4)5/h6-12,15H,13-14,16H2,1-5H3,(H,34,38). The third kappa shape index (κ3) is 6.62. The van der Waals surface area contributed by atoms with Gasteiger partial charge in [0.1, 0.15) is 35.4 Å². The number of pyridine rings is 1. The number of benzene rings is 2. The molecule has 0 aliphatic carbocycles. The monoisotopic (exact) mass is 553 g/mol. The van der Waals surface area contributed by atoms with Crippen LogP contribution < -0.4 is 10.1 Å². The molecule has 40 heavy (non-hydrogen) atoms. The average Bonchev–Trinajstić information content (AvgIpc) is 3.18. The van der Waals surface area contributed by atoms with Crippen LogP contribution in [0.5, 0.6) is 5.75 Å². The number of ketones is 1. The van der Waals surface area contributed by atoms with Gasteiger partial charge in [-0.05, 0) is 81.6 Å². The minimum atomic E-state index is -0.727. The summed E-state index contributed by atoms with van der Waals surface area (Å²) < 4.78 is 54.9. The summed E-state index contributed by atoms with van der Waals surface area (Å²) in [6.45, 7) is 8.25. The molecule has 0 atom stereocenters. The number of aryl methyl sites for hydroxylation is 2. The van der Waals surface area contributed by atoms with Crippen molar-refractivity contribution < 1.29 is 32.2 Å². The summed E-state index contributed by atoms with van der Waals surface area (Å²) in [4.78, 5) is 30.2. The molecule has 2 aromatic heterocycles. The van der Waals surface area contributed by atoms with Gasteiger partial charge in [0.05, 0.1) is 11.3 Å². The largest absolute Gasteiger partial charge is 0.485 e. The van der Waals surface area contributed by atoms with Crippen LogP contribution in [0, 0.1) is 31.3 Å². The van der Waals surface area contributed by atoms with Gasteiger partial charge in [-0.15, -0.1) is 0 Å². The minimum absolute atomic E-state index is 0.0366. The third-order valence-electron chi connectivity index (χ3n) is 6.04. The Labute approximate surface area is 229 Å². The predicted molar refractivity (Wildman–Crippen MR) is 143 cm³/mol. The highest BCUT2D eigenvalue weighted by Crippen LogP contribution is 2.27. The summed E-state index contributed by atoms with van der Waals surface area (Å²) in [5, 5.41) is 2.60. The number of alkyl carbamates (subject to hydrolysis) is 1. The molecule has 0 saturated carbocycles. The summed E-state index contributed by atoms with van der Waals surface area (Å²) in [6, 6.07) is 9.26. The highest BCUT2D eigenvalue weighted by Gasteiger charge is 2.22. The number of ether oxygens (including phenoxy) is 2. The van der Waals surface area contributed by atoms with Crippen molar-refractivity contribution in [3.63, 3.8) is 0 Å². The molecule has 0 aliphatic rings. The molecule has 0 unspecified atom stereocenters. The molecule has 7 nitrogen and oxygen atoms in total. The fraction of sp³-hybridized carbons (Fsp3) is 0.300. The van der Waals surface area contributed by atoms with Crippen molar-refractivity contribution in [1.82, 2.24) is 14.7 Å². The zero-order valence-corrected chi connectivity index (χ0v) is 22.9. The Bertz CT molecular complexity index is 1570. The zero-order chi connectivity index (χ0) is 29.2. The van der Waals surface area contributed by atoms with Crippen molar-refractivity contribution in [3.05, 3.63) is 99.8 Å². The Morgan fingerprint density at radius 2 is 1.70 bits per heavy atom. The van der Waals surface area contributed by atoms with Crippen LogP contribution in [-0.4, -0.2) is 26.9 Å². The van der Waals surface area contributed by atoms with Gasteiger partial charge in [0.15, 0.2) is 17.2 Å². The third-order valence-corrected chi connectivity index (χ3v) is 6.04. The van der Waals surface area contributed by atoms with Gasteiger partial charge < -0.3 is 14.8 Å². The summed E-state index contributed by atoms with van der Waals surface area (Å²) in [5.74, 6) is -2.00. The maximum absolute atomic E-state index is 14.1. The maximum Gasteiger partial charge on any atom is 0.407 e. The van der Waals surface area contributed by atoms with E-state index in [1.54, 1.807) is 51.3 Å². The number of nitrogens with one attached hydrogen (secondary N) is 1. The molecule has 2 aromatic carbocycles. The predicted octanol–water partition coefficient (Wildman–Crippen LogP) is 6.40. The molecule has 4 aromatic rings. The van der Waals surface area contributed by atoms with Crippen LogP contribution in [0.1, 0.15) is 59.2 Å². The minimum Gasteiger partial charge on any atom is -0.485 e. The molecule has 0 aliphatic heterocycles. The van der Waals surface area contributed by atoms with Gasteiger partial charge in [0.2, 0.25) is 0 Å². The molecule has 4 rings (SSSR count). The van der Waals surface area contributed by atoms with E-state index in [-0.39, 0.29) is 42.4 Å². The average molecular weight is 554 g/mol. The van der Waals surface area contributed by atoms with E-state index in [1.165, 1.54) is 24.3 Å². The van der Waals surface area contributed by atoms with Crippen molar-refractivity contribution in [1.29, 1.82) is 0 Å². The molecule has 0 bridgehead atoms. The number of halogens is 3. The molecule has 0 radical (unpaired) electrons. The number of hydrogen-bond donors (Lipinski definition) is 1. The zero-order valence-electron chi connectivity index (χ0n) is 22.9. The summed E-state index contributed by atoms with van der Waals surface area (Å²) in [7, 11) is 0. The number of imidazole rings is 1. The van der Waals surface area contributed by atoms with Crippen LogP contribution >= 0.6 is 0 Å². The van der Waals surface area contributed by atoms with E-state index < -0.39 is 29.1 Å². The van der Waals surface area contributed by atoms with E-state index in [0.717, 1.165) is 17.7 Å². The molecular formula is C30H30F3N3O4. The highest BCUT2D eigenvalue weighted by molar-refractivity contribution is 5.98. The lowest BCUT2D eigenvalue weighted by Crippen LogP contribution is -2.32. The van der Waals surface area contributed by atoms with Crippen molar-refractivity contribution in [2.24, 2.45) is 0 Å². The number of hydrogen-bond acceptors (Lipinski definition) is 5. The van der Waals surface area contributed by atoms with Crippen LogP contribution in [0.3, 0.4) is 0 Å². The summed E-state index contributed by atoms with van der Waals surface area (Å²) in [6.07, 6.45) is 0.962. The Morgan fingerprint density at radius 3 is 2.38 bits per heavy atom. The molecule has 2 heterocycles. The smallest absolute Gasteiger partial charge is 0.407 e. The van der Waals surface area contributed by atoms with Gasteiger partial charge in [0.25, 0.3) is 0 Å². The molecule has 0 spiro atoms. The molecule has 210 valence electrons. The molecule has 10 heteroatoms. The van der Waals surface area contributed by atoms with E-state index in [2.05, 4.69) is 10.3 Å².